The number of rotatable bonds is 35. The van der Waals surface area contributed by atoms with E-state index in [1.54, 1.807) is 21.1 Å². The minimum absolute atomic E-state index is 0.0408. The van der Waals surface area contributed by atoms with E-state index >= 15 is 0 Å². The molecule has 0 saturated heterocycles. The molecule has 0 aromatic carbocycles. The van der Waals surface area contributed by atoms with Crippen LogP contribution in [0.4, 0.5) is 0 Å². The minimum Gasteiger partial charge on any atom is -0.544 e. The van der Waals surface area contributed by atoms with Crippen LogP contribution in [0.15, 0.2) is 12.2 Å². The third-order valence-corrected chi connectivity index (χ3v) is 8.90. The van der Waals surface area contributed by atoms with E-state index in [0.29, 0.717) is 12.8 Å². The summed E-state index contributed by atoms with van der Waals surface area (Å²) in [6.45, 7) is 4.63. The van der Waals surface area contributed by atoms with Crippen LogP contribution in [0.5, 0.6) is 0 Å². The highest BCUT2D eigenvalue weighted by Crippen LogP contribution is 2.14. The van der Waals surface area contributed by atoms with Crippen molar-refractivity contribution in [3.8, 4) is 0 Å². The van der Waals surface area contributed by atoms with Gasteiger partial charge in [0, 0.05) is 19.3 Å². The molecule has 0 N–H and O–H groups in total. The Bertz CT molecular complexity index is 808. The van der Waals surface area contributed by atoms with Crippen molar-refractivity contribution in [3.63, 3.8) is 0 Å². The van der Waals surface area contributed by atoms with Crippen molar-refractivity contribution in [2.24, 2.45) is 0 Å². The van der Waals surface area contributed by atoms with E-state index in [1.165, 1.54) is 89.9 Å². The summed E-state index contributed by atoms with van der Waals surface area (Å²) in [5.74, 6) is -1.75. The van der Waals surface area contributed by atoms with Crippen molar-refractivity contribution in [2.45, 2.75) is 187 Å². The van der Waals surface area contributed by atoms with Crippen LogP contribution in [0.1, 0.15) is 174 Å². The molecule has 0 aromatic rings. The first-order valence-electron chi connectivity index (χ1n) is 19.7. The van der Waals surface area contributed by atoms with Crippen LogP contribution < -0.4 is 5.11 Å². The van der Waals surface area contributed by atoms with Gasteiger partial charge in [0.15, 0.2) is 6.10 Å². The number of carboxylic acids is 1. The topological polar surface area (TPSA) is 102 Å². The molecule has 2 unspecified atom stereocenters. The van der Waals surface area contributed by atoms with E-state index in [1.807, 2.05) is 0 Å². The molecule has 0 heterocycles. The molecule has 0 aliphatic heterocycles. The maximum Gasteiger partial charge on any atom is 0.306 e. The fourth-order valence-corrected chi connectivity index (χ4v) is 5.77. The monoisotopic (exact) mass is 682 g/mol. The summed E-state index contributed by atoms with van der Waals surface area (Å²) in [4.78, 5) is 36.6. The number of quaternary nitrogens is 1. The quantitative estimate of drug-likeness (QED) is 0.0286. The Kier molecular flexibility index (Phi) is 31.0. The summed E-state index contributed by atoms with van der Waals surface area (Å²) in [6.07, 6.45) is 30.9. The highest BCUT2D eigenvalue weighted by molar-refractivity contribution is 5.70. The molecule has 0 aromatic heterocycles. The second-order valence-electron chi connectivity index (χ2n) is 14.5. The average molecular weight is 682 g/mol. The first-order chi connectivity index (χ1) is 23.1. The van der Waals surface area contributed by atoms with Crippen LogP contribution in [0.3, 0.4) is 0 Å². The number of nitrogens with zero attached hydrogens (tertiary/aromatic N) is 1. The van der Waals surface area contributed by atoms with Gasteiger partial charge in [-0.2, -0.15) is 0 Å². The summed E-state index contributed by atoms with van der Waals surface area (Å²) in [5, 5.41) is 11.6. The number of aliphatic carboxylic acids is 1. The predicted molar refractivity (Wildman–Crippen MR) is 194 cm³/mol. The number of carboxylic acid groups (broad SMARTS) is 1. The van der Waals surface area contributed by atoms with E-state index in [4.69, 9.17) is 14.2 Å². The molecule has 8 nitrogen and oxygen atoms in total. The second kappa shape index (κ2) is 32.3. The zero-order chi connectivity index (χ0) is 35.7. The van der Waals surface area contributed by atoms with E-state index < -0.39 is 18.1 Å². The molecule has 48 heavy (non-hydrogen) atoms. The van der Waals surface area contributed by atoms with Gasteiger partial charge in [0.1, 0.15) is 12.6 Å². The Morgan fingerprint density at radius 2 is 1.04 bits per heavy atom. The minimum atomic E-state index is -1.13. The number of ether oxygens (including phenoxy) is 3. The third-order valence-electron chi connectivity index (χ3n) is 8.90. The van der Waals surface area contributed by atoms with Crippen LogP contribution in [-0.4, -0.2) is 75.5 Å². The van der Waals surface area contributed by atoms with E-state index in [2.05, 4.69) is 26.0 Å². The Morgan fingerprint density at radius 1 is 0.604 bits per heavy atom. The number of unbranched alkanes of at least 4 members (excludes halogenated alkanes) is 19. The summed E-state index contributed by atoms with van der Waals surface area (Å²) in [5.41, 5.74) is 0. The molecule has 0 aliphatic carbocycles. The maximum atomic E-state index is 12.6. The molecule has 8 heteroatoms. The third kappa shape index (κ3) is 30.2. The number of carbonyl (C=O) groups excluding carboxylic acids is 3. The van der Waals surface area contributed by atoms with Gasteiger partial charge in [-0.05, 0) is 38.5 Å². The molecule has 0 bridgehead atoms. The van der Waals surface area contributed by atoms with Crippen molar-refractivity contribution >= 4 is 17.9 Å². The molecule has 0 aliphatic rings. The van der Waals surface area contributed by atoms with E-state index in [9.17, 15) is 19.5 Å². The van der Waals surface area contributed by atoms with Gasteiger partial charge >= 0.3 is 11.9 Å². The van der Waals surface area contributed by atoms with E-state index in [-0.39, 0.29) is 42.7 Å². The van der Waals surface area contributed by atoms with Gasteiger partial charge in [0.05, 0.1) is 40.3 Å². The Balaban J connectivity index is 4.40. The van der Waals surface area contributed by atoms with Crippen molar-refractivity contribution in [2.75, 3.05) is 41.0 Å². The summed E-state index contributed by atoms with van der Waals surface area (Å²) in [7, 11) is 5.40. The van der Waals surface area contributed by atoms with E-state index in [0.717, 1.165) is 51.4 Å². The van der Waals surface area contributed by atoms with Crippen LogP contribution in [0.25, 0.3) is 0 Å². The number of likely N-dealkylation sites (N-methyl/N-ethyl adjacent to an activating group) is 1. The number of hydrogen-bond acceptors (Lipinski definition) is 7. The fourth-order valence-electron chi connectivity index (χ4n) is 5.77. The molecular formula is C40H75NO7. The molecule has 0 rings (SSSR count). The molecule has 0 fully saturated rings. The molecule has 0 saturated carbocycles. The summed E-state index contributed by atoms with van der Waals surface area (Å²) >= 11 is 0. The van der Waals surface area contributed by atoms with Gasteiger partial charge in [-0.25, -0.2) is 0 Å². The number of hydrogen-bond donors (Lipinski definition) is 0. The highest BCUT2D eigenvalue weighted by Gasteiger charge is 2.25. The summed E-state index contributed by atoms with van der Waals surface area (Å²) in [6, 6.07) is -0.722. The molecule has 0 amide bonds. The second-order valence-corrected chi connectivity index (χ2v) is 14.5. The van der Waals surface area contributed by atoms with Crippen molar-refractivity contribution in [3.05, 3.63) is 12.2 Å². The Morgan fingerprint density at radius 3 is 1.52 bits per heavy atom. The smallest absolute Gasteiger partial charge is 0.306 e. The van der Waals surface area contributed by atoms with Gasteiger partial charge in [0.25, 0.3) is 0 Å². The van der Waals surface area contributed by atoms with Gasteiger partial charge in [0.2, 0.25) is 0 Å². The van der Waals surface area contributed by atoms with Crippen LogP contribution in [-0.2, 0) is 28.6 Å². The predicted octanol–water partition coefficient (Wildman–Crippen LogP) is 8.63. The lowest BCUT2D eigenvalue weighted by molar-refractivity contribution is -0.889. The Hall–Kier alpha value is -1.93. The lowest BCUT2D eigenvalue weighted by Crippen LogP contribution is -2.55. The standard InChI is InChI=1S/C40H75NO7/c1-6-8-10-12-14-16-18-19-20-21-23-24-26-28-30-38(42)47-35-36(34-46-33-32-37(40(44)45)41(3,4)5)48-39(43)31-29-27-25-22-17-15-13-11-9-7-2/h20-21,36-37H,6-19,22-35H2,1-5H3/b21-20+. The highest BCUT2D eigenvalue weighted by atomic mass is 16.6. The van der Waals surface area contributed by atoms with Crippen LogP contribution in [0, 0.1) is 0 Å². The summed E-state index contributed by atoms with van der Waals surface area (Å²) < 4.78 is 17.1. The first kappa shape index (κ1) is 46.1. The van der Waals surface area contributed by atoms with Crippen LogP contribution >= 0.6 is 0 Å². The molecule has 282 valence electrons. The zero-order valence-corrected chi connectivity index (χ0v) is 31.9. The number of allylic oxidation sites excluding steroid dienone is 2. The van der Waals surface area contributed by atoms with Crippen molar-refractivity contribution < 1.29 is 38.2 Å². The largest absolute Gasteiger partial charge is 0.544 e. The van der Waals surface area contributed by atoms with Gasteiger partial charge in [-0.15, -0.1) is 0 Å². The Labute approximate surface area is 295 Å². The molecule has 0 radical (unpaired) electrons. The number of esters is 2. The number of carbonyl (C=O) groups is 3. The fraction of sp³-hybridized carbons (Fsp3) is 0.875. The lowest BCUT2D eigenvalue weighted by Gasteiger charge is -2.34. The van der Waals surface area contributed by atoms with Crippen molar-refractivity contribution in [1.29, 1.82) is 0 Å². The SMILES string of the molecule is CCCCCCCCC/C=C/CCCCCC(=O)OCC(COCCC(C(=O)[O-])[N+](C)(C)C)OC(=O)CCCCCCCCCCCC. The average Bonchev–Trinajstić information content (AvgIpc) is 3.03. The first-order valence-corrected chi connectivity index (χ1v) is 19.7. The van der Waals surface area contributed by atoms with Gasteiger partial charge in [-0.3, -0.25) is 9.59 Å². The molecule has 0 spiro atoms. The maximum absolute atomic E-state index is 12.6. The van der Waals surface area contributed by atoms with Gasteiger partial charge < -0.3 is 28.6 Å². The van der Waals surface area contributed by atoms with Gasteiger partial charge in [-0.1, -0.05) is 129 Å². The molecule has 2 atom stereocenters. The lowest BCUT2D eigenvalue weighted by atomic mass is 10.1. The normalized spacial score (nSPS) is 13.1. The van der Waals surface area contributed by atoms with Crippen LogP contribution in [0.2, 0.25) is 0 Å². The van der Waals surface area contributed by atoms with Crippen molar-refractivity contribution in [1.82, 2.24) is 0 Å². The zero-order valence-electron chi connectivity index (χ0n) is 31.9. The molecular weight excluding hydrogens is 606 g/mol.